The van der Waals surface area contributed by atoms with E-state index in [0.717, 1.165) is 29.5 Å². The van der Waals surface area contributed by atoms with Crippen LogP contribution in [0, 0.1) is 33.5 Å². The van der Waals surface area contributed by atoms with Crippen LogP contribution >= 0.6 is 0 Å². The molecule has 4 saturated carbocycles. The maximum absolute atomic E-state index is 13.9. The second kappa shape index (κ2) is 10.6. The number of nitrogens with one attached hydrogen (secondary N) is 1. The summed E-state index contributed by atoms with van der Waals surface area (Å²) in [7, 11) is -3.57. The smallest absolute Gasteiger partial charge is 0.234 e. The molecule has 4 fully saturated rings. The Hall–Kier alpha value is -1.98. The first-order chi connectivity index (χ1) is 19.6. The van der Waals surface area contributed by atoms with E-state index in [0.29, 0.717) is 31.5 Å². The van der Waals surface area contributed by atoms with E-state index in [1.54, 1.807) is 6.92 Å². The van der Waals surface area contributed by atoms with Gasteiger partial charge in [0, 0.05) is 30.8 Å². The van der Waals surface area contributed by atoms with Crippen LogP contribution in [0.1, 0.15) is 78.4 Å². The van der Waals surface area contributed by atoms with Crippen LogP contribution in [0.25, 0.3) is 12.2 Å². The number of benzene rings is 1. The minimum Gasteiger partial charge on any atom is -0.294 e. The van der Waals surface area contributed by atoms with E-state index in [2.05, 4.69) is 18.6 Å². The molecule has 4 aliphatic rings. The highest BCUT2D eigenvalue weighted by Gasteiger charge is 2.68. The highest BCUT2D eigenvalue weighted by atomic mass is 32.2. The van der Waals surface area contributed by atoms with Gasteiger partial charge in [0.05, 0.1) is 16.6 Å². The average molecular weight is 617 g/mol. The van der Waals surface area contributed by atoms with Crippen LogP contribution in [0.4, 0.5) is 0 Å². The normalized spacial score (nSPS) is 33.9. The number of rotatable bonds is 10. The Kier molecular flexibility index (Phi) is 7.92. The molecule has 0 spiro atoms. The van der Waals surface area contributed by atoms with Crippen molar-refractivity contribution in [3.63, 3.8) is 0 Å². The first-order valence-electron chi connectivity index (χ1n) is 15.0. The predicted octanol–water partition coefficient (Wildman–Crippen LogP) is 4.86. The molecular weight excluding hydrogens is 572 g/mol. The van der Waals surface area contributed by atoms with E-state index in [9.17, 15) is 26.8 Å². The lowest BCUT2D eigenvalue weighted by Gasteiger charge is -2.38. The summed E-state index contributed by atoms with van der Waals surface area (Å²) in [6, 6.07) is 7.79. The number of Topliss-reactive ketones (excluding diaryl/α,β-unsaturated/α-hetero) is 2. The van der Waals surface area contributed by atoms with Gasteiger partial charge in [0.15, 0.2) is 11.6 Å². The number of fused-ring (bicyclic) bond motifs is 4. The van der Waals surface area contributed by atoms with Crippen molar-refractivity contribution in [2.75, 3.05) is 25.4 Å². The van der Waals surface area contributed by atoms with Crippen molar-refractivity contribution in [1.29, 1.82) is 0 Å². The minimum atomic E-state index is -3.57. The highest BCUT2D eigenvalue weighted by molar-refractivity contribution is 7.89. The third-order valence-electron chi connectivity index (χ3n) is 11.5. The van der Waals surface area contributed by atoms with Crippen molar-refractivity contribution in [3.8, 4) is 0 Å². The van der Waals surface area contributed by atoms with Crippen LogP contribution in [0.3, 0.4) is 0 Å². The zero-order chi connectivity index (χ0) is 30.9. The molecule has 10 heteroatoms. The van der Waals surface area contributed by atoms with Gasteiger partial charge in [0.1, 0.15) is 0 Å². The van der Waals surface area contributed by atoms with Gasteiger partial charge in [0.25, 0.3) is 0 Å². The summed E-state index contributed by atoms with van der Waals surface area (Å²) in [5.41, 5.74) is 0.868. The largest absolute Gasteiger partial charge is 0.294 e. The van der Waals surface area contributed by atoms with Crippen molar-refractivity contribution < 1.29 is 26.8 Å². The van der Waals surface area contributed by atoms with Gasteiger partial charge in [-0.05, 0) is 71.6 Å². The van der Waals surface area contributed by atoms with E-state index >= 15 is 0 Å². The summed E-state index contributed by atoms with van der Waals surface area (Å²) < 4.78 is 51.2. The van der Waals surface area contributed by atoms with E-state index in [1.165, 1.54) is 4.31 Å². The van der Waals surface area contributed by atoms with Gasteiger partial charge in [-0.2, -0.15) is 0 Å². The number of carbonyl (C=O) groups is 2. The molecule has 0 aromatic heterocycles. The first-order valence-corrected chi connectivity index (χ1v) is 17.7. The fourth-order valence-electron chi connectivity index (χ4n) is 8.82. The summed E-state index contributed by atoms with van der Waals surface area (Å²) in [6.45, 7) is 12.8. The number of sulfonamides is 1. The van der Waals surface area contributed by atoms with Crippen LogP contribution in [0.5, 0.6) is 0 Å². The molecule has 0 aliphatic heterocycles. The molecule has 0 amide bonds. The Labute approximate surface area is 252 Å². The van der Waals surface area contributed by atoms with E-state index in [1.807, 2.05) is 57.2 Å². The molecule has 4 bridgehead atoms. The number of hydrogen-bond acceptors (Lipinski definition) is 5. The molecule has 0 heterocycles. The molecule has 0 radical (unpaired) electrons. The van der Waals surface area contributed by atoms with Gasteiger partial charge in [-0.1, -0.05) is 65.8 Å². The van der Waals surface area contributed by atoms with Gasteiger partial charge in [-0.25, -0.2) is 21.7 Å². The fraction of sp³-hybridized carbons (Fsp3) is 0.625. The summed E-state index contributed by atoms with van der Waals surface area (Å²) in [5, 5.41) is 0. The Bertz CT molecular complexity index is 1490. The van der Waals surface area contributed by atoms with Crippen LogP contribution in [0.15, 0.2) is 35.4 Å². The average Bonchev–Trinajstić information content (AvgIpc) is 3.42. The second-order valence-corrected chi connectivity index (χ2v) is 16.5. The Morgan fingerprint density at radius 3 is 1.81 bits per heavy atom. The van der Waals surface area contributed by atoms with Crippen LogP contribution in [-0.4, -0.2) is 58.4 Å². The van der Waals surface area contributed by atoms with Gasteiger partial charge >= 0.3 is 0 Å². The fourth-order valence-corrected chi connectivity index (χ4v) is 11.2. The maximum Gasteiger partial charge on any atom is 0.234 e. The molecule has 1 aromatic rings. The van der Waals surface area contributed by atoms with Crippen molar-refractivity contribution in [2.45, 2.75) is 67.2 Å². The second-order valence-electron chi connectivity index (χ2n) is 13.8. The van der Waals surface area contributed by atoms with Crippen molar-refractivity contribution in [2.24, 2.45) is 33.5 Å². The van der Waals surface area contributed by atoms with Gasteiger partial charge < -0.3 is 0 Å². The third-order valence-corrected chi connectivity index (χ3v) is 13.9. The Morgan fingerprint density at radius 1 is 0.905 bits per heavy atom. The molecule has 5 unspecified atom stereocenters. The van der Waals surface area contributed by atoms with Gasteiger partial charge in [-0.15, -0.1) is 0 Å². The predicted molar refractivity (Wildman–Crippen MR) is 166 cm³/mol. The Balaban J connectivity index is 1.41. The standard InChI is InChI=1S/C32H44N2O6S2/c1-7-33-42(39,40)20-32-16-14-26(30(32,5)6)24(28(32)36)18-22-11-9-21(10-12-22)17-23-25-13-15-31(27(23)35,29(25,3)4)19-34(8-2)41(37)38/h9-12,17-18,25-26,33H,7-8,13-16,19-20H2,1-6H3,(H,37,38). The lowest BCUT2D eigenvalue weighted by Crippen LogP contribution is -2.47. The van der Waals surface area contributed by atoms with Crippen LogP contribution in [0.2, 0.25) is 0 Å². The number of hydrogen-bond donors (Lipinski definition) is 2. The molecule has 8 nitrogen and oxygen atoms in total. The minimum absolute atomic E-state index is 0.00430. The molecule has 2 N–H and O–H groups in total. The summed E-state index contributed by atoms with van der Waals surface area (Å²) in [6.07, 6.45) is 6.83. The summed E-state index contributed by atoms with van der Waals surface area (Å²) in [4.78, 5) is 27.6. The van der Waals surface area contributed by atoms with Crippen LogP contribution < -0.4 is 4.72 Å². The number of carbonyl (C=O) groups excluding carboxylic acids is 2. The quantitative estimate of drug-likeness (QED) is 0.286. The van der Waals surface area contributed by atoms with Crippen molar-refractivity contribution in [1.82, 2.24) is 9.03 Å². The molecule has 1 aromatic carbocycles. The number of ketones is 2. The topological polar surface area (TPSA) is 121 Å². The lowest BCUT2D eigenvalue weighted by molar-refractivity contribution is -0.127. The number of allylic oxidation sites excluding steroid dienone is 2. The zero-order valence-electron chi connectivity index (χ0n) is 25.5. The molecule has 230 valence electrons. The molecule has 5 atom stereocenters. The SMILES string of the molecule is CCNS(=O)(=O)CC12CCC(C(=Cc3ccc(C=C4C(=O)C5(CN(CC)S(=O)O)CCC4C5(C)C)cc3)C1=O)C2(C)C. The monoisotopic (exact) mass is 616 g/mol. The van der Waals surface area contributed by atoms with E-state index < -0.39 is 37.5 Å². The van der Waals surface area contributed by atoms with E-state index in [-0.39, 0.29) is 41.1 Å². The van der Waals surface area contributed by atoms with Crippen molar-refractivity contribution >= 4 is 45.0 Å². The molecule has 5 rings (SSSR count). The molecule has 42 heavy (non-hydrogen) atoms. The van der Waals surface area contributed by atoms with Gasteiger partial charge in [-0.3, -0.25) is 14.1 Å². The lowest BCUT2D eigenvalue weighted by atomic mass is 9.69. The maximum atomic E-state index is 13.9. The van der Waals surface area contributed by atoms with Crippen molar-refractivity contribution in [3.05, 3.63) is 46.5 Å². The molecule has 0 saturated heterocycles. The molecular formula is C32H44N2O6S2. The van der Waals surface area contributed by atoms with Gasteiger partial charge in [0.2, 0.25) is 21.3 Å². The number of nitrogens with zero attached hydrogens (tertiary/aromatic N) is 1. The first kappa shape index (κ1) is 31.4. The van der Waals surface area contributed by atoms with E-state index in [4.69, 9.17) is 0 Å². The summed E-state index contributed by atoms with van der Waals surface area (Å²) in [5.74, 6) is -0.0733. The molecule has 4 aliphatic carbocycles. The van der Waals surface area contributed by atoms with Crippen LogP contribution in [-0.2, 0) is 30.9 Å². The Morgan fingerprint density at radius 2 is 1.36 bits per heavy atom. The zero-order valence-corrected chi connectivity index (χ0v) is 27.2. The third kappa shape index (κ3) is 4.55. The highest BCUT2D eigenvalue weighted by Crippen LogP contribution is 2.67. The summed E-state index contributed by atoms with van der Waals surface area (Å²) >= 11 is -2.13.